The number of pyridine rings is 1. The summed E-state index contributed by atoms with van der Waals surface area (Å²) in [7, 11) is 1.89. The van der Waals surface area contributed by atoms with Crippen LogP contribution in [0.15, 0.2) is 18.3 Å². The van der Waals surface area contributed by atoms with Gasteiger partial charge in [0, 0.05) is 32.4 Å². The van der Waals surface area contributed by atoms with Crippen molar-refractivity contribution < 1.29 is 4.79 Å². The van der Waals surface area contributed by atoms with Gasteiger partial charge in [-0.25, -0.2) is 4.98 Å². The SMILES string of the molecule is CNc1cc(C2CCCN2CC(=O)N2CCCCC2)ccn1. The summed E-state index contributed by atoms with van der Waals surface area (Å²) in [4.78, 5) is 21.2. The topological polar surface area (TPSA) is 48.5 Å². The number of carbonyl (C=O) groups is 1. The van der Waals surface area contributed by atoms with Crippen molar-refractivity contribution in [2.45, 2.75) is 38.1 Å². The molecule has 2 aliphatic rings. The van der Waals surface area contributed by atoms with Gasteiger partial charge in [-0.15, -0.1) is 0 Å². The van der Waals surface area contributed by atoms with Crippen molar-refractivity contribution in [3.63, 3.8) is 0 Å². The van der Waals surface area contributed by atoms with Crippen LogP contribution in [0, 0.1) is 0 Å². The number of piperidine rings is 1. The molecule has 3 rings (SSSR count). The third-order valence-electron chi connectivity index (χ3n) is 4.84. The summed E-state index contributed by atoms with van der Waals surface area (Å²) in [5.41, 5.74) is 1.27. The van der Waals surface area contributed by atoms with Gasteiger partial charge in [-0.05, 0) is 56.3 Å². The fourth-order valence-corrected chi connectivity index (χ4v) is 3.60. The van der Waals surface area contributed by atoms with Gasteiger partial charge < -0.3 is 10.2 Å². The first-order valence-corrected chi connectivity index (χ1v) is 8.43. The zero-order chi connectivity index (χ0) is 15.4. The fourth-order valence-electron chi connectivity index (χ4n) is 3.60. The van der Waals surface area contributed by atoms with Crippen molar-refractivity contribution in [1.82, 2.24) is 14.8 Å². The second-order valence-electron chi connectivity index (χ2n) is 6.29. The number of carbonyl (C=O) groups excluding carboxylic acids is 1. The maximum Gasteiger partial charge on any atom is 0.236 e. The molecule has 2 saturated heterocycles. The van der Waals surface area contributed by atoms with Gasteiger partial charge in [0.15, 0.2) is 0 Å². The predicted octanol–water partition coefficient (Wildman–Crippen LogP) is 2.27. The molecule has 0 aliphatic carbocycles. The minimum atomic E-state index is 0.300. The first kappa shape index (κ1) is 15.3. The Morgan fingerprint density at radius 3 is 2.86 bits per heavy atom. The standard InChI is InChI=1S/C17H26N4O/c1-18-16-12-14(7-8-19-16)15-6-5-11-21(15)13-17(22)20-9-3-2-4-10-20/h7-8,12,15H,2-6,9-11,13H2,1H3,(H,18,19). The van der Waals surface area contributed by atoms with Crippen molar-refractivity contribution in [2.24, 2.45) is 0 Å². The Morgan fingerprint density at radius 2 is 2.09 bits per heavy atom. The van der Waals surface area contributed by atoms with E-state index < -0.39 is 0 Å². The Labute approximate surface area is 132 Å². The molecule has 0 radical (unpaired) electrons. The average molecular weight is 302 g/mol. The lowest BCUT2D eigenvalue weighted by molar-refractivity contribution is -0.133. The maximum atomic E-state index is 12.5. The van der Waals surface area contributed by atoms with E-state index in [0.717, 1.165) is 51.1 Å². The number of nitrogens with one attached hydrogen (secondary N) is 1. The molecule has 5 heteroatoms. The van der Waals surface area contributed by atoms with Crippen LogP contribution in [0.2, 0.25) is 0 Å². The molecule has 2 aliphatic heterocycles. The highest BCUT2D eigenvalue weighted by atomic mass is 16.2. The van der Waals surface area contributed by atoms with E-state index in [1.54, 1.807) is 0 Å². The Bertz CT molecular complexity index is 513. The van der Waals surface area contributed by atoms with Crippen LogP contribution in [0.3, 0.4) is 0 Å². The largest absolute Gasteiger partial charge is 0.373 e. The van der Waals surface area contributed by atoms with Gasteiger partial charge in [0.1, 0.15) is 5.82 Å². The number of hydrogen-bond acceptors (Lipinski definition) is 4. The van der Waals surface area contributed by atoms with Gasteiger partial charge in [-0.2, -0.15) is 0 Å². The van der Waals surface area contributed by atoms with E-state index in [0.29, 0.717) is 18.5 Å². The van der Waals surface area contributed by atoms with Crippen molar-refractivity contribution in [3.05, 3.63) is 23.9 Å². The van der Waals surface area contributed by atoms with Crippen LogP contribution in [0.5, 0.6) is 0 Å². The highest BCUT2D eigenvalue weighted by Gasteiger charge is 2.29. The van der Waals surface area contributed by atoms with Crippen LogP contribution in [-0.2, 0) is 4.79 Å². The molecule has 0 bridgehead atoms. The lowest BCUT2D eigenvalue weighted by Gasteiger charge is -2.31. The predicted molar refractivity (Wildman–Crippen MR) is 87.8 cm³/mol. The summed E-state index contributed by atoms with van der Waals surface area (Å²) in [5.74, 6) is 1.20. The molecule has 1 atom stereocenters. The number of hydrogen-bond donors (Lipinski definition) is 1. The molecule has 1 aromatic rings. The van der Waals surface area contributed by atoms with Crippen LogP contribution in [0.1, 0.15) is 43.7 Å². The van der Waals surface area contributed by atoms with Gasteiger partial charge >= 0.3 is 0 Å². The van der Waals surface area contributed by atoms with Crippen LogP contribution < -0.4 is 5.32 Å². The molecule has 1 amide bonds. The van der Waals surface area contributed by atoms with Crippen molar-refractivity contribution in [1.29, 1.82) is 0 Å². The van der Waals surface area contributed by atoms with Crippen LogP contribution in [-0.4, -0.2) is 53.9 Å². The lowest BCUT2D eigenvalue weighted by Crippen LogP contribution is -2.42. The minimum Gasteiger partial charge on any atom is -0.373 e. The minimum absolute atomic E-state index is 0.300. The van der Waals surface area contributed by atoms with Crippen molar-refractivity contribution >= 4 is 11.7 Å². The third-order valence-corrected chi connectivity index (χ3v) is 4.84. The molecule has 0 spiro atoms. The molecule has 22 heavy (non-hydrogen) atoms. The smallest absolute Gasteiger partial charge is 0.236 e. The Kier molecular flexibility index (Phi) is 4.93. The number of nitrogens with zero attached hydrogens (tertiary/aromatic N) is 3. The molecule has 1 N–H and O–H groups in total. The van der Waals surface area contributed by atoms with Gasteiger partial charge in [-0.1, -0.05) is 0 Å². The molecule has 1 aromatic heterocycles. The maximum absolute atomic E-state index is 12.5. The second-order valence-corrected chi connectivity index (χ2v) is 6.29. The molecule has 0 aromatic carbocycles. The molecule has 5 nitrogen and oxygen atoms in total. The quantitative estimate of drug-likeness (QED) is 0.927. The van der Waals surface area contributed by atoms with E-state index in [-0.39, 0.29) is 0 Å². The summed E-state index contributed by atoms with van der Waals surface area (Å²) in [5, 5.41) is 3.09. The monoisotopic (exact) mass is 302 g/mol. The summed E-state index contributed by atoms with van der Waals surface area (Å²) in [6, 6.07) is 4.53. The lowest BCUT2D eigenvalue weighted by atomic mass is 10.1. The summed E-state index contributed by atoms with van der Waals surface area (Å²) in [6.07, 6.45) is 7.72. The summed E-state index contributed by atoms with van der Waals surface area (Å²) < 4.78 is 0. The molecular weight excluding hydrogens is 276 g/mol. The first-order chi connectivity index (χ1) is 10.8. The highest BCUT2D eigenvalue weighted by Crippen LogP contribution is 2.32. The Balaban J connectivity index is 1.66. The molecule has 3 heterocycles. The van der Waals surface area contributed by atoms with Crippen LogP contribution in [0.4, 0.5) is 5.82 Å². The highest BCUT2D eigenvalue weighted by molar-refractivity contribution is 5.78. The molecule has 2 fully saturated rings. The van der Waals surface area contributed by atoms with Gasteiger partial charge in [0.2, 0.25) is 5.91 Å². The van der Waals surface area contributed by atoms with E-state index in [9.17, 15) is 4.79 Å². The number of rotatable bonds is 4. The zero-order valence-electron chi connectivity index (χ0n) is 13.4. The van der Waals surface area contributed by atoms with Gasteiger partial charge in [0.25, 0.3) is 0 Å². The van der Waals surface area contributed by atoms with Crippen molar-refractivity contribution in [3.8, 4) is 0 Å². The summed E-state index contributed by atoms with van der Waals surface area (Å²) >= 11 is 0. The number of anilines is 1. The molecule has 0 saturated carbocycles. The second kappa shape index (κ2) is 7.09. The van der Waals surface area contributed by atoms with E-state index in [1.165, 1.54) is 12.0 Å². The molecular formula is C17H26N4O. The summed E-state index contributed by atoms with van der Waals surface area (Å²) in [6.45, 7) is 3.45. The average Bonchev–Trinajstić information content (AvgIpc) is 3.04. The molecule has 120 valence electrons. The first-order valence-electron chi connectivity index (χ1n) is 8.43. The Hall–Kier alpha value is -1.62. The van der Waals surface area contributed by atoms with Crippen LogP contribution >= 0.6 is 0 Å². The molecule has 1 unspecified atom stereocenters. The van der Waals surface area contributed by atoms with E-state index in [2.05, 4.69) is 27.3 Å². The third kappa shape index (κ3) is 3.40. The number of aromatic nitrogens is 1. The van der Waals surface area contributed by atoms with Crippen molar-refractivity contribution in [2.75, 3.05) is 38.5 Å². The normalized spacial score (nSPS) is 22.8. The van der Waals surface area contributed by atoms with Gasteiger partial charge in [-0.3, -0.25) is 9.69 Å². The number of likely N-dealkylation sites (tertiary alicyclic amines) is 2. The Morgan fingerprint density at radius 1 is 1.27 bits per heavy atom. The zero-order valence-corrected chi connectivity index (χ0v) is 13.4. The fraction of sp³-hybridized carbons (Fsp3) is 0.647. The van der Waals surface area contributed by atoms with Crippen LogP contribution in [0.25, 0.3) is 0 Å². The van der Waals surface area contributed by atoms with Gasteiger partial charge in [0.05, 0.1) is 6.54 Å². The number of amides is 1. The van der Waals surface area contributed by atoms with E-state index >= 15 is 0 Å². The van der Waals surface area contributed by atoms with E-state index in [4.69, 9.17) is 0 Å². The van der Waals surface area contributed by atoms with E-state index in [1.807, 2.05) is 18.1 Å².